The van der Waals surface area contributed by atoms with Crippen molar-refractivity contribution < 1.29 is 63.1 Å². The van der Waals surface area contributed by atoms with Crippen molar-refractivity contribution in [2.45, 2.75) is 249 Å². The number of phosphoric ester groups is 1. The van der Waals surface area contributed by atoms with Gasteiger partial charge in [-0.3, -0.25) is 18.6 Å². The second-order valence-electron chi connectivity index (χ2n) is 17.3. The van der Waals surface area contributed by atoms with Crippen molar-refractivity contribution in [3.05, 3.63) is 36.5 Å². The minimum absolute atomic E-state index is 0.0874. The van der Waals surface area contributed by atoms with Crippen LogP contribution in [0.3, 0.4) is 0 Å². The molecule has 0 aromatic carbocycles. The fourth-order valence-corrected chi connectivity index (χ4v) is 8.40. The summed E-state index contributed by atoms with van der Waals surface area (Å²) in [5.41, 5.74) is 0. The largest absolute Gasteiger partial charge is 0.472 e. The molecule has 1 saturated carbocycles. The Morgan fingerprint density at radius 1 is 0.492 bits per heavy atom. The Kier molecular flexibility index (Phi) is 36.8. The van der Waals surface area contributed by atoms with Crippen LogP contribution in [0, 0.1) is 0 Å². The Hall–Kier alpha value is -1.93. The van der Waals surface area contributed by atoms with E-state index in [1.165, 1.54) is 77.0 Å². The first-order chi connectivity index (χ1) is 30.4. The van der Waals surface area contributed by atoms with E-state index in [1.54, 1.807) is 0 Å². The van der Waals surface area contributed by atoms with Crippen LogP contribution in [-0.2, 0) is 32.7 Å². The number of carbonyl (C=O) groups excluding carboxylic acids is 2. The number of unbranched alkanes of at least 4 members (excludes halogenated alkanes) is 23. The van der Waals surface area contributed by atoms with Crippen LogP contribution in [0.2, 0.25) is 0 Å². The van der Waals surface area contributed by atoms with Crippen LogP contribution in [0.25, 0.3) is 0 Å². The van der Waals surface area contributed by atoms with Crippen molar-refractivity contribution in [3.8, 4) is 0 Å². The molecule has 6 N–H and O–H groups in total. The summed E-state index contributed by atoms with van der Waals surface area (Å²) in [6, 6.07) is 0. The average Bonchev–Trinajstić information content (AvgIpc) is 3.26. The van der Waals surface area contributed by atoms with Gasteiger partial charge < -0.3 is 39.9 Å². The topological polar surface area (TPSA) is 210 Å². The molecule has 1 fully saturated rings. The summed E-state index contributed by atoms with van der Waals surface area (Å²) in [6.07, 6.45) is 31.8. The Morgan fingerprint density at radius 3 is 1.33 bits per heavy atom. The predicted octanol–water partition coefficient (Wildman–Crippen LogP) is 10.2. The molecule has 6 unspecified atom stereocenters. The monoisotopic (exact) mass is 917 g/mol. The normalized spacial score (nSPS) is 22.0. The number of esters is 2. The van der Waals surface area contributed by atoms with Gasteiger partial charge in [-0.05, 0) is 70.6 Å². The molecule has 0 saturated heterocycles. The van der Waals surface area contributed by atoms with E-state index in [0.717, 1.165) is 89.9 Å². The van der Waals surface area contributed by atoms with Crippen LogP contribution < -0.4 is 0 Å². The number of aliphatic hydroxyl groups excluding tert-OH is 5. The number of allylic oxidation sites excluding steroid dienone is 6. The Bertz CT molecular complexity index is 1240. The smallest absolute Gasteiger partial charge is 0.462 e. The van der Waals surface area contributed by atoms with Crippen LogP contribution in [0.4, 0.5) is 0 Å². The lowest BCUT2D eigenvalue weighted by Gasteiger charge is -2.41. The first-order valence-electron chi connectivity index (χ1n) is 24.8. The van der Waals surface area contributed by atoms with Gasteiger partial charge in [0.1, 0.15) is 43.2 Å². The maximum atomic E-state index is 12.8. The van der Waals surface area contributed by atoms with Crippen molar-refractivity contribution in [1.82, 2.24) is 0 Å². The van der Waals surface area contributed by atoms with Crippen molar-refractivity contribution in [1.29, 1.82) is 0 Å². The number of hydrogen-bond donors (Lipinski definition) is 6. The summed E-state index contributed by atoms with van der Waals surface area (Å²) in [5, 5.41) is 50.2. The summed E-state index contributed by atoms with van der Waals surface area (Å²) in [4.78, 5) is 35.8. The lowest BCUT2D eigenvalue weighted by Crippen LogP contribution is -2.64. The van der Waals surface area contributed by atoms with Crippen molar-refractivity contribution in [2.24, 2.45) is 0 Å². The molecule has 0 spiro atoms. The summed E-state index contributed by atoms with van der Waals surface area (Å²) >= 11 is 0. The van der Waals surface area contributed by atoms with E-state index in [-0.39, 0.29) is 12.8 Å². The molecule has 0 amide bonds. The molecule has 0 aromatic rings. The second-order valence-corrected chi connectivity index (χ2v) is 18.7. The highest BCUT2D eigenvalue weighted by Gasteiger charge is 2.51. The van der Waals surface area contributed by atoms with Gasteiger partial charge >= 0.3 is 19.8 Å². The molecule has 1 rings (SSSR count). The van der Waals surface area contributed by atoms with Gasteiger partial charge in [0.15, 0.2) is 6.10 Å². The SMILES string of the molecule is CCCCC/C=C/C/C=C/CCCCCCCCCC(=O)O[C@@H](COC(=O)CCCCCCCCC/C=C/CCCCCCCC)COP(=O)(O)OC1C(O)C(O)C(O)[C@H](O)C1O. The van der Waals surface area contributed by atoms with Crippen molar-refractivity contribution >= 4 is 19.8 Å². The minimum Gasteiger partial charge on any atom is -0.462 e. The highest BCUT2D eigenvalue weighted by Crippen LogP contribution is 2.47. The zero-order chi connectivity index (χ0) is 46.4. The molecule has 0 bridgehead atoms. The molecule has 1 aliphatic carbocycles. The van der Waals surface area contributed by atoms with Crippen LogP contribution in [0.15, 0.2) is 36.5 Å². The first kappa shape index (κ1) is 59.1. The molecule has 1 aliphatic rings. The highest BCUT2D eigenvalue weighted by molar-refractivity contribution is 7.47. The van der Waals surface area contributed by atoms with E-state index in [4.69, 9.17) is 18.5 Å². The standard InChI is InChI=1S/C49H89O13P/c1-3-5-7-9-11-13-15-17-19-21-23-25-27-29-31-33-35-37-42(50)59-39-41(40-60-63(57,58)62-49-47(55)45(53)44(52)46(54)48(49)56)61-43(51)38-36-34-32-30-28-26-24-22-20-18-16-14-12-10-8-6-4-2/h12,14,17-20,41,44-49,52-56H,3-11,13,15-16,21-40H2,1-2H3,(H,57,58)/b14-12+,19-17+,20-18+/t41-,44?,45-,46?,47?,48?,49?/m0/s1. The van der Waals surface area contributed by atoms with Crippen molar-refractivity contribution in [3.63, 3.8) is 0 Å². The summed E-state index contributed by atoms with van der Waals surface area (Å²) in [6.45, 7) is 3.28. The average molecular weight is 917 g/mol. The van der Waals surface area contributed by atoms with E-state index in [2.05, 4.69) is 50.3 Å². The van der Waals surface area contributed by atoms with E-state index in [1.807, 2.05) is 0 Å². The van der Waals surface area contributed by atoms with Gasteiger partial charge in [-0.1, -0.05) is 159 Å². The summed E-state index contributed by atoms with van der Waals surface area (Å²) in [7, 11) is -5.12. The zero-order valence-corrected chi connectivity index (χ0v) is 40.0. The molecule has 63 heavy (non-hydrogen) atoms. The Morgan fingerprint density at radius 2 is 0.857 bits per heavy atom. The third-order valence-corrected chi connectivity index (χ3v) is 12.4. The molecule has 0 aliphatic heterocycles. The fourth-order valence-electron chi connectivity index (χ4n) is 7.43. The number of hydrogen-bond acceptors (Lipinski definition) is 12. The van der Waals surface area contributed by atoms with Crippen molar-refractivity contribution in [2.75, 3.05) is 13.2 Å². The van der Waals surface area contributed by atoms with E-state index in [9.17, 15) is 44.6 Å². The Balaban J connectivity index is 2.43. The number of rotatable bonds is 41. The Labute approximate surface area is 380 Å². The van der Waals surface area contributed by atoms with Gasteiger partial charge in [0.25, 0.3) is 0 Å². The lowest BCUT2D eigenvalue weighted by atomic mass is 9.85. The fraction of sp³-hybridized carbons (Fsp3) is 0.837. The maximum Gasteiger partial charge on any atom is 0.472 e. The summed E-state index contributed by atoms with van der Waals surface area (Å²) in [5.74, 6) is -1.11. The third-order valence-electron chi connectivity index (χ3n) is 11.5. The molecule has 8 atom stereocenters. The highest BCUT2D eigenvalue weighted by atomic mass is 31.2. The second kappa shape index (κ2) is 39.3. The van der Waals surface area contributed by atoms with Gasteiger partial charge in [-0.15, -0.1) is 0 Å². The van der Waals surface area contributed by atoms with E-state index < -0.39 is 75.7 Å². The quantitative estimate of drug-likeness (QED) is 0.0146. The first-order valence-corrected chi connectivity index (χ1v) is 26.3. The number of carbonyl (C=O) groups is 2. The molecule has 0 radical (unpaired) electrons. The molecule has 0 heterocycles. The zero-order valence-electron chi connectivity index (χ0n) is 39.1. The minimum atomic E-state index is -5.12. The number of ether oxygens (including phenoxy) is 2. The van der Waals surface area contributed by atoms with Crippen LogP contribution in [0.1, 0.15) is 206 Å². The summed E-state index contributed by atoms with van der Waals surface area (Å²) < 4.78 is 33.6. The third kappa shape index (κ3) is 31.6. The van der Waals surface area contributed by atoms with Gasteiger partial charge in [-0.2, -0.15) is 0 Å². The van der Waals surface area contributed by atoms with E-state index >= 15 is 0 Å². The molecular formula is C49H89O13P. The molecule has 0 aromatic heterocycles. The number of aliphatic hydroxyl groups is 5. The predicted molar refractivity (Wildman–Crippen MR) is 249 cm³/mol. The van der Waals surface area contributed by atoms with Gasteiger partial charge in [-0.25, -0.2) is 4.57 Å². The van der Waals surface area contributed by atoms with Gasteiger partial charge in [0.05, 0.1) is 6.61 Å². The molecule has 14 heteroatoms. The van der Waals surface area contributed by atoms with Crippen LogP contribution in [-0.4, -0.2) is 98.3 Å². The lowest BCUT2D eigenvalue weighted by molar-refractivity contribution is -0.220. The maximum absolute atomic E-state index is 12.8. The van der Waals surface area contributed by atoms with Gasteiger partial charge in [0.2, 0.25) is 0 Å². The van der Waals surface area contributed by atoms with Crippen LogP contribution >= 0.6 is 7.82 Å². The van der Waals surface area contributed by atoms with Crippen LogP contribution in [0.5, 0.6) is 0 Å². The molecule has 13 nitrogen and oxygen atoms in total. The molecular weight excluding hydrogens is 828 g/mol. The number of phosphoric acid groups is 1. The van der Waals surface area contributed by atoms with Gasteiger partial charge in [0, 0.05) is 12.8 Å². The molecule has 368 valence electrons. The van der Waals surface area contributed by atoms with E-state index in [0.29, 0.717) is 12.8 Å².